The van der Waals surface area contributed by atoms with Crippen LogP contribution in [0.1, 0.15) is 23.3 Å². The summed E-state index contributed by atoms with van der Waals surface area (Å²) in [7, 11) is 0. The fourth-order valence-electron chi connectivity index (χ4n) is 2.13. The Kier molecular flexibility index (Phi) is 1.46. The SMILES string of the molecule is OC1c2ccc3ccccc3c2C1O. The fourth-order valence-corrected chi connectivity index (χ4v) is 2.13. The van der Waals surface area contributed by atoms with E-state index >= 15 is 0 Å². The van der Waals surface area contributed by atoms with Crippen LogP contribution in [0.5, 0.6) is 0 Å². The molecule has 14 heavy (non-hydrogen) atoms. The van der Waals surface area contributed by atoms with Crippen molar-refractivity contribution in [1.82, 2.24) is 0 Å². The van der Waals surface area contributed by atoms with Gasteiger partial charge in [-0.2, -0.15) is 0 Å². The Morgan fingerprint density at radius 3 is 2.50 bits per heavy atom. The van der Waals surface area contributed by atoms with Crippen molar-refractivity contribution in [3.05, 3.63) is 47.5 Å². The number of hydrogen-bond acceptors (Lipinski definition) is 2. The first-order chi connectivity index (χ1) is 6.79. The van der Waals surface area contributed by atoms with Crippen LogP contribution < -0.4 is 0 Å². The third kappa shape index (κ3) is 0.820. The van der Waals surface area contributed by atoms with Crippen LogP contribution in [-0.4, -0.2) is 10.2 Å². The van der Waals surface area contributed by atoms with Crippen molar-refractivity contribution >= 4 is 10.8 Å². The van der Waals surface area contributed by atoms with Gasteiger partial charge in [-0.25, -0.2) is 0 Å². The second-order valence-electron chi connectivity index (χ2n) is 3.68. The molecule has 2 nitrogen and oxygen atoms in total. The number of rotatable bonds is 0. The number of benzene rings is 2. The van der Waals surface area contributed by atoms with Gasteiger partial charge in [0.25, 0.3) is 0 Å². The molecule has 2 aromatic carbocycles. The highest BCUT2D eigenvalue weighted by Crippen LogP contribution is 2.46. The second kappa shape index (κ2) is 2.56. The number of aliphatic hydroxyl groups is 2. The zero-order valence-electron chi connectivity index (χ0n) is 7.51. The molecule has 0 bridgehead atoms. The molecule has 0 saturated heterocycles. The molecular formula is C12H10O2. The van der Waals surface area contributed by atoms with Gasteiger partial charge in [-0.05, 0) is 21.9 Å². The van der Waals surface area contributed by atoms with E-state index in [-0.39, 0.29) is 0 Å². The molecule has 1 aliphatic rings. The van der Waals surface area contributed by atoms with Crippen molar-refractivity contribution in [2.24, 2.45) is 0 Å². The first-order valence-corrected chi connectivity index (χ1v) is 4.67. The smallest absolute Gasteiger partial charge is 0.110 e. The Labute approximate surface area is 81.4 Å². The predicted molar refractivity (Wildman–Crippen MR) is 53.9 cm³/mol. The largest absolute Gasteiger partial charge is 0.385 e. The summed E-state index contributed by atoms with van der Waals surface area (Å²) in [5, 5.41) is 21.2. The highest BCUT2D eigenvalue weighted by atomic mass is 16.3. The van der Waals surface area contributed by atoms with Crippen LogP contribution in [0.4, 0.5) is 0 Å². The topological polar surface area (TPSA) is 40.5 Å². The Morgan fingerprint density at radius 1 is 0.857 bits per heavy atom. The monoisotopic (exact) mass is 186 g/mol. The molecule has 2 unspecified atom stereocenters. The van der Waals surface area contributed by atoms with Crippen molar-refractivity contribution in [3.63, 3.8) is 0 Å². The molecule has 0 spiro atoms. The lowest BCUT2D eigenvalue weighted by atomic mass is 9.79. The number of aliphatic hydroxyl groups excluding tert-OH is 2. The van der Waals surface area contributed by atoms with E-state index in [1.54, 1.807) is 0 Å². The molecule has 2 aromatic rings. The normalized spacial score (nSPS) is 24.4. The van der Waals surface area contributed by atoms with Gasteiger partial charge in [0.2, 0.25) is 0 Å². The standard InChI is InChI=1S/C12H10O2/c13-11-9-6-5-7-3-1-2-4-8(7)10(9)12(11)14/h1-6,11-14H. The molecule has 0 heterocycles. The van der Waals surface area contributed by atoms with Crippen molar-refractivity contribution in [3.8, 4) is 0 Å². The van der Waals surface area contributed by atoms with E-state index < -0.39 is 12.2 Å². The Bertz CT molecular complexity index is 505. The molecule has 2 heteroatoms. The Morgan fingerprint density at radius 2 is 1.64 bits per heavy atom. The minimum absolute atomic E-state index is 0.699. The molecule has 0 amide bonds. The summed E-state index contributed by atoms with van der Waals surface area (Å²) < 4.78 is 0. The van der Waals surface area contributed by atoms with E-state index in [9.17, 15) is 10.2 Å². The predicted octanol–water partition coefficient (Wildman–Crippen LogP) is 1.92. The highest BCUT2D eigenvalue weighted by molar-refractivity contribution is 5.88. The molecule has 70 valence electrons. The van der Waals surface area contributed by atoms with Crippen LogP contribution in [-0.2, 0) is 0 Å². The summed E-state index contributed by atoms with van der Waals surface area (Å²) >= 11 is 0. The van der Waals surface area contributed by atoms with Crippen molar-refractivity contribution in [1.29, 1.82) is 0 Å². The van der Waals surface area contributed by atoms with Gasteiger partial charge >= 0.3 is 0 Å². The quantitative estimate of drug-likeness (QED) is 0.660. The van der Waals surface area contributed by atoms with Crippen molar-refractivity contribution < 1.29 is 10.2 Å². The number of hydrogen-bond donors (Lipinski definition) is 2. The van der Waals surface area contributed by atoms with Crippen LogP contribution >= 0.6 is 0 Å². The van der Waals surface area contributed by atoms with Crippen LogP contribution in [0.15, 0.2) is 36.4 Å². The second-order valence-corrected chi connectivity index (χ2v) is 3.68. The van der Waals surface area contributed by atoms with Gasteiger partial charge in [0.05, 0.1) is 0 Å². The molecule has 0 aromatic heterocycles. The summed E-state index contributed by atoms with van der Waals surface area (Å²) in [6, 6.07) is 11.8. The third-order valence-corrected chi connectivity index (χ3v) is 2.92. The summed E-state index contributed by atoms with van der Waals surface area (Å²) in [6.45, 7) is 0. The van der Waals surface area contributed by atoms with Gasteiger partial charge in [0.15, 0.2) is 0 Å². The van der Waals surface area contributed by atoms with Crippen molar-refractivity contribution in [2.45, 2.75) is 12.2 Å². The Hall–Kier alpha value is -1.38. The lowest BCUT2D eigenvalue weighted by molar-refractivity contribution is -0.0115. The van der Waals surface area contributed by atoms with Gasteiger partial charge in [-0.3, -0.25) is 0 Å². The summed E-state index contributed by atoms with van der Waals surface area (Å²) in [4.78, 5) is 0. The summed E-state index contributed by atoms with van der Waals surface area (Å²) in [6.07, 6.45) is -1.41. The molecule has 0 aliphatic heterocycles. The average Bonchev–Trinajstić information content (AvgIpc) is 2.26. The fraction of sp³-hybridized carbons (Fsp3) is 0.167. The number of fused-ring (bicyclic) bond motifs is 3. The van der Waals surface area contributed by atoms with E-state index in [0.29, 0.717) is 0 Å². The van der Waals surface area contributed by atoms with Gasteiger partial charge in [0.1, 0.15) is 12.2 Å². The maximum Gasteiger partial charge on any atom is 0.110 e. The van der Waals surface area contributed by atoms with E-state index in [0.717, 1.165) is 21.9 Å². The van der Waals surface area contributed by atoms with Gasteiger partial charge in [0, 0.05) is 0 Å². The molecule has 1 aliphatic carbocycles. The van der Waals surface area contributed by atoms with E-state index in [1.165, 1.54) is 0 Å². The minimum Gasteiger partial charge on any atom is -0.385 e. The lowest BCUT2D eigenvalue weighted by Crippen LogP contribution is -2.23. The van der Waals surface area contributed by atoms with Crippen LogP contribution in [0, 0.1) is 0 Å². The summed E-state index contributed by atoms with van der Waals surface area (Å²) in [5.41, 5.74) is 1.74. The van der Waals surface area contributed by atoms with Crippen LogP contribution in [0.3, 0.4) is 0 Å². The van der Waals surface area contributed by atoms with E-state index in [2.05, 4.69) is 0 Å². The van der Waals surface area contributed by atoms with E-state index in [4.69, 9.17) is 0 Å². The van der Waals surface area contributed by atoms with Crippen molar-refractivity contribution in [2.75, 3.05) is 0 Å². The first kappa shape index (κ1) is 7.97. The molecular weight excluding hydrogens is 176 g/mol. The molecule has 2 atom stereocenters. The molecule has 2 N–H and O–H groups in total. The summed E-state index contributed by atoms with van der Waals surface area (Å²) in [5.74, 6) is 0. The average molecular weight is 186 g/mol. The maximum atomic E-state index is 9.62. The molecule has 0 fully saturated rings. The van der Waals surface area contributed by atoms with Gasteiger partial charge < -0.3 is 10.2 Å². The maximum absolute atomic E-state index is 9.62. The molecule has 3 rings (SSSR count). The van der Waals surface area contributed by atoms with E-state index in [1.807, 2.05) is 36.4 Å². The molecule has 0 saturated carbocycles. The zero-order valence-corrected chi connectivity index (χ0v) is 7.51. The van der Waals surface area contributed by atoms with Gasteiger partial charge in [-0.15, -0.1) is 0 Å². The van der Waals surface area contributed by atoms with Crippen LogP contribution in [0.25, 0.3) is 10.8 Å². The first-order valence-electron chi connectivity index (χ1n) is 4.67. The third-order valence-electron chi connectivity index (χ3n) is 2.92. The van der Waals surface area contributed by atoms with Gasteiger partial charge in [-0.1, -0.05) is 36.4 Å². The lowest BCUT2D eigenvalue weighted by Gasteiger charge is -2.33. The highest BCUT2D eigenvalue weighted by Gasteiger charge is 2.35. The minimum atomic E-state index is -0.712. The zero-order chi connectivity index (χ0) is 9.71. The Balaban J connectivity index is 2.39. The molecule has 0 radical (unpaired) electrons. The van der Waals surface area contributed by atoms with Crippen LogP contribution in [0.2, 0.25) is 0 Å².